The Morgan fingerprint density at radius 3 is 2.31 bits per heavy atom. The largest absolute Gasteiger partial charge is 0.493 e. The Balaban J connectivity index is 1.81. The van der Waals surface area contributed by atoms with Crippen LogP contribution in [0.4, 0.5) is 0 Å². The zero-order valence-electron chi connectivity index (χ0n) is 15.7. The van der Waals surface area contributed by atoms with E-state index in [0.717, 1.165) is 21.2 Å². The molecule has 5 heteroatoms. The molecule has 0 unspecified atom stereocenters. The topological polar surface area (TPSA) is 66.0 Å². The van der Waals surface area contributed by atoms with E-state index < -0.39 is 0 Å². The zero-order valence-corrected chi connectivity index (χ0v) is 17.3. The maximum atomic E-state index is 9.54. The standard InChI is InChI=1S/C24H17BrN2O2/c1-28-24-13-19(12-21(15-27)20-7-2-17(14-26)3-8-20)6-11-23(24)29-16-18-4-9-22(25)10-5-18/h2-13H,16H2,1H3/b21-12-. The number of ether oxygens (including phenoxy) is 2. The molecular formula is C24H17BrN2O2. The molecule has 142 valence electrons. The van der Waals surface area contributed by atoms with Crippen molar-refractivity contribution in [2.75, 3.05) is 7.11 Å². The van der Waals surface area contributed by atoms with Gasteiger partial charge in [0.25, 0.3) is 0 Å². The van der Waals surface area contributed by atoms with Crippen molar-refractivity contribution in [1.82, 2.24) is 0 Å². The van der Waals surface area contributed by atoms with Gasteiger partial charge in [-0.15, -0.1) is 0 Å². The third kappa shape index (κ3) is 5.25. The molecule has 0 saturated carbocycles. The molecular weight excluding hydrogens is 428 g/mol. The maximum absolute atomic E-state index is 9.54. The average Bonchev–Trinajstić information content (AvgIpc) is 2.77. The molecule has 0 saturated heterocycles. The second-order valence-electron chi connectivity index (χ2n) is 6.18. The molecule has 4 nitrogen and oxygen atoms in total. The molecule has 0 atom stereocenters. The fraction of sp³-hybridized carbons (Fsp3) is 0.0833. The van der Waals surface area contributed by atoms with E-state index in [1.54, 1.807) is 37.5 Å². The van der Waals surface area contributed by atoms with Gasteiger partial charge >= 0.3 is 0 Å². The van der Waals surface area contributed by atoms with Crippen LogP contribution in [0.1, 0.15) is 22.3 Å². The van der Waals surface area contributed by atoms with Crippen molar-refractivity contribution in [3.63, 3.8) is 0 Å². The molecule has 0 bridgehead atoms. The summed E-state index contributed by atoms with van der Waals surface area (Å²) < 4.78 is 12.4. The van der Waals surface area contributed by atoms with Crippen LogP contribution in [0.25, 0.3) is 11.6 Å². The highest BCUT2D eigenvalue weighted by Gasteiger charge is 2.08. The van der Waals surface area contributed by atoms with E-state index in [1.165, 1.54) is 0 Å². The first-order valence-corrected chi connectivity index (χ1v) is 9.60. The Hall–Kier alpha value is -3.54. The highest BCUT2D eigenvalue weighted by molar-refractivity contribution is 9.10. The monoisotopic (exact) mass is 444 g/mol. The van der Waals surface area contributed by atoms with Gasteiger partial charge in [0.1, 0.15) is 6.61 Å². The molecule has 0 spiro atoms. The quantitative estimate of drug-likeness (QED) is 0.346. The van der Waals surface area contributed by atoms with Crippen LogP contribution in [0.2, 0.25) is 0 Å². The number of rotatable bonds is 6. The van der Waals surface area contributed by atoms with Crippen molar-refractivity contribution >= 4 is 27.6 Å². The summed E-state index contributed by atoms with van der Waals surface area (Å²) in [4.78, 5) is 0. The lowest BCUT2D eigenvalue weighted by Gasteiger charge is -2.12. The summed E-state index contributed by atoms with van der Waals surface area (Å²) in [5, 5.41) is 18.4. The van der Waals surface area contributed by atoms with Crippen molar-refractivity contribution in [3.05, 3.63) is 93.5 Å². The zero-order chi connectivity index (χ0) is 20.6. The van der Waals surface area contributed by atoms with Crippen LogP contribution in [0, 0.1) is 22.7 Å². The van der Waals surface area contributed by atoms with Gasteiger partial charge in [0.2, 0.25) is 0 Å². The van der Waals surface area contributed by atoms with Gasteiger partial charge in [-0.05, 0) is 59.2 Å². The van der Waals surface area contributed by atoms with Crippen LogP contribution in [0.15, 0.2) is 71.2 Å². The van der Waals surface area contributed by atoms with Crippen LogP contribution >= 0.6 is 15.9 Å². The molecule has 0 aliphatic carbocycles. The molecule has 29 heavy (non-hydrogen) atoms. The van der Waals surface area contributed by atoms with Crippen molar-refractivity contribution < 1.29 is 9.47 Å². The summed E-state index contributed by atoms with van der Waals surface area (Å²) in [6, 6.07) is 24.7. The van der Waals surface area contributed by atoms with Crippen molar-refractivity contribution in [3.8, 4) is 23.6 Å². The van der Waals surface area contributed by atoms with E-state index in [-0.39, 0.29) is 0 Å². The van der Waals surface area contributed by atoms with E-state index in [2.05, 4.69) is 28.1 Å². The second kappa shape index (κ2) is 9.59. The van der Waals surface area contributed by atoms with E-state index in [1.807, 2.05) is 42.5 Å². The molecule has 0 aliphatic rings. The van der Waals surface area contributed by atoms with Crippen molar-refractivity contribution in [2.24, 2.45) is 0 Å². The predicted molar refractivity (Wildman–Crippen MR) is 116 cm³/mol. The van der Waals surface area contributed by atoms with Gasteiger partial charge in [-0.3, -0.25) is 0 Å². The minimum Gasteiger partial charge on any atom is -0.493 e. The van der Waals surface area contributed by atoms with Gasteiger partial charge in [-0.25, -0.2) is 0 Å². The summed E-state index contributed by atoms with van der Waals surface area (Å²) >= 11 is 3.42. The lowest BCUT2D eigenvalue weighted by molar-refractivity contribution is 0.284. The molecule has 3 rings (SSSR count). The molecule has 0 N–H and O–H groups in total. The summed E-state index contributed by atoms with van der Waals surface area (Å²) in [6.07, 6.45) is 1.78. The number of benzene rings is 3. The van der Waals surface area contributed by atoms with Gasteiger partial charge in [0.15, 0.2) is 11.5 Å². The highest BCUT2D eigenvalue weighted by Crippen LogP contribution is 2.30. The van der Waals surface area contributed by atoms with Gasteiger partial charge in [-0.1, -0.05) is 46.3 Å². The normalized spacial score (nSPS) is 10.7. The SMILES string of the molecule is COc1cc(/C=C(/C#N)c2ccc(C#N)cc2)ccc1OCc1ccc(Br)cc1. The van der Waals surface area contributed by atoms with Crippen LogP contribution in [-0.4, -0.2) is 7.11 Å². The first kappa shape index (κ1) is 20.2. The third-order valence-corrected chi connectivity index (χ3v) is 4.78. The number of allylic oxidation sites excluding steroid dienone is 1. The Labute approximate surface area is 178 Å². The summed E-state index contributed by atoms with van der Waals surface area (Å²) in [7, 11) is 1.58. The van der Waals surface area contributed by atoms with E-state index in [9.17, 15) is 5.26 Å². The molecule has 0 heterocycles. The fourth-order valence-electron chi connectivity index (χ4n) is 2.71. The van der Waals surface area contributed by atoms with Crippen molar-refractivity contribution in [2.45, 2.75) is 6.61 Å². The minimum absolute atomic E-state index is 0.424. The number of halogens is 1. The Kier molecular flexibility index (Phi) is 6.68. The maximum Gasteiger partial charge on any atom is 0.161 e. The van der Waals surface area contributed by atoms with Crippen LogP contribution in [0.3, 0.4) is 0 Å². The molecule has 0 aliphatic heterocycles. The number of nitriles is 2. The first-order chi connectivity index (χ1) is 14.1. The van der Waals surface area contributed by atoms with Crippen molar-refractivity contribution in [1.29, 1.82) is 10.5 Å². The molecule has 0 aromatic heterocycles. The van der Waals surface area contributed by atoms with Crippen LogP contribution < -0.4 is 9.47 Å². The fourth-order valence-corrected chi connectivity index (χ4v) is 2.97. The van der Waals surface area contributed by atoms with E-state index in [0.29, 0.717) is 29.2 Å². The Morgan fingerprint density at radius 2 is 1.69 bits per heavy atom. The lowest BCUT2D eigenvalue weighted by atomic mass is 10.0. The van der Waals surface area contributed by atoms with Crippen LogP contribution in [0.5, 0.6) is 11.5 Å². The van der Waals surface area contributed by atoms with E-state index in [4.69, 9.17) is 14.7 Å². The summed E-state index contributed by atoms with van der Waals surface area (Å²) in [5.74, 6) is 1.22. The first-order valence-electron chi connectivity index (χ1n) is 8.80. The number of methoxy groups -OCH3 is 1. The van der Waals surface area contributed by atoms with Gasteiger partial charge in [0, 0.05) is 4.47 Å². The average molecular weight is 445 g/mol. The second-order valence-corrected chi connectivity index (χ2v) is 7.10. The number of hydrogen-bond donors (Lipinski definition) is 0. The number of hydrogen-bond acceptors (Lipinski definition) is 4. The Morgan fingerprint density at radius 1 is 0.966 bits per heavy atom. The molecule has 3 aromatic rings. The summed E-state index contributed by atoms with van der Waals surface area (Å²) in [5.41, 5.74) is 3.67. The van der Waals surface area contributed by atoms with Gasteiger partial charge in [-0.2, -0.15) is 10.5 Å². The minimum atomic E-state index is 0.424. The smallest absolute Gasteiger partial charge is 0.161 e. The number of nitrogens with zero attached hydrogens (tertiary/aromatic N) is 2. The van der Waals surface area contributed by atoms with Gasteiger partial charge in [0.05, 0.1) is 30.4 Å². The van der Waals surface area contributed by atoms with E-state index >= 15 is 0 Å². The van der Waals surface area contributed by atoms with Gasteiger partial charge < -0.3 is 9.47 Å². The molecule has 0 amide bonds. The van der Waals surface area contributed by atoms with Crippen LogP contribution in [-0.2, 0) is 6.61 Å². The molecule has 0 radical (unpaired) electrons. The predicted octanol–water partition coefficient (Wildman–Crippen LogP) is 5.97. The highest BCUT2D eigenvalue weighted by atomic mass is 79.9. The summed E-state index contributed by atoms with van der Waals surface area (Å²) in [6.45, 7) is 0.424. The lowest BCUT2D eigenvalue weighted by Crippen LogP contribution is -1.98. The molecule has 0 fully saturated rings. The third-order valence-electron chi connectivity index (χ3n) is 4.25. The Bertz CT molecular complexity index is 1110. The molecule has 3 aromatic carbocycles.